The smallest absolute Gasteiger partial charge is 0.262 e. The second-order valence-corrected chi connectivity index (χ2v) is 6.62. The van der Waals surface area contributed by atoms with Crippen LogP contribution in [0.2, 0.25) is 5.02 Å². The van der Waals surface area contributed by atoms with E-state index in [0.29, 0.717) is 17.2 Å². The number of ether oxygens (including phenoxy) is 1. The first-order chi connectivity index (χ1) is 13.2. The largest absolute Gasteiger partial charge is 0.494 e. The number of carbonyl (C=O) groups excluding carboxylic acids is 1. The predicted octanol–water partition coefficient (Wildman–Crippen LogP) is 5.51. The highest BCUT2D eigenvalue weighted by Gasteiger charge is 2.34. The van der Waals surface area contributed by atoms with Gasteiger partial charge in [-0.15, -0.1) is 0 Å². The van der Waals surface area contributed by atoms with Crippen LogP contribution in [0.15, 0.2) is 72.8 Å². The number of carbonyl (C=O) groups is 1. The summed E-state index contributed by atoms with van der Waals surface area (Å²) in [4.78, 5) is 15.1. The molecule has 1 aliphatic heterocycles. The number of anilines is 2. The van der Waals surface area contributed by atoms with Gasteiger partial charge < -0.3 is 10.1 Å². The number of nitrogens with zero attached hydrogens (tertiary/aromatic N) is 1. The molecule has 1 heterocycles. The van der Waals surface area contributed by atoms with Crippen LogP contribution in [0, 0.1) is 0 Å². The predicted molar refractivity (Wildman–Crippen MR) is 109 cm³/mol. The van der Waals surface area contributed by atoms with Gasteiger partial charge in [0.05, 0.1) is 12.2 Å². The van der Waals surface area contributed by atoms with Crippen molar-refractivity contribution in [1.82, 2.24) is 0 Å². The molecule has 4 nitrogen and oxygen atoms in total. The molecule has 0 aromatic heterocycles. The van der Waals surface area contributed by atoms with Crippen molar-refractivity contribution in [2.45, 2.75) is 13.1 Å². The minimum Gasteiger partial charge on any atom is -0.494 e. The summed E-state index contributed by atoms with van der Waals surface area (Å²) in [5.41, 5.74) is 3.05. The van der Waals surface area contributed by atoms with E-state index in [4.69, 9.17) is 16.3 Å². The summed E-state index contributed by atoms with van der Waals surface area (Å²) in [7, 11) is 0. The minimum absolute atomic E-state index is 0.0709. The third-order valence-corrected chi connectivity index (χ3v) is 4.90. The summed E-state index contributed by atoms with van der Waals surface area (Å²) in [6, 6.07) is 22.6. The zero-order chi connectivity index (χ0) is 18.8. The van der Waals surface area contributed by atoms with E-state index in [1.54, 1.807) is 4.90 Å². The van der Waals surface area contributed by atoms with Crippen LogP contribution >= 0.6 is 11.6 Å². The quantitative estimate of drug-likeness (QED) is 0.650. The maximum Gasteiger partial charge on any atom is 0.262 e. The van der Waals surface area contributed by atoms with Crippen molar-refractivity contribution >= 4 is 28.9 Å². The lowest BCUT2D eigenvalue weighted by Gasteiger charge is -2.38. The van der Waals surface area contributed by atoms with Crippen molar-refractivity contribution < 1.29 is 9.53 Å². The molecule has 0 bridgehead atoms. The fourth-order valence-corrected chi connectivity index (χ4v) is 3.54. The monoisotopic (exact) mass is 378 g/mol. The second-order valence-electron chi connectivity index (χ2n) is 6.22. The molecule has 0 fully saturated rings. The number of halogens is 1. The van der Waals surface area contributed by atoms with E-state index in [9.17, 15) is 4.79 Å². The first kappa shape index (κ1) is 17.4. The Morgan fingerprint density at radius 1 is 1.00 bits per heavy atom. The standard InChI is InChI=1S/C22H19ClN2O2/c1-2-27-16-13-11-15(12-14-16)25-21(17-7-3-5-9-19(17)23)24-20-10-6-4-8-18(20)22(25)26/h3-14,21,24H,2H2,1H3. The van der Waals surface area contributed by atoms with Crippen molar-refractivity contribution in [3.05, 3.63) is 88.9 Å². The van der Waals surface area contributed by atoms with Gasteiger partial charge in [-0.25, -0.2) is 0 Å². The van der Waals surface area contributed by atoms with Gasteiger partial charge in [0.15, 0.2) is 0 Å². The minimum atomic E-state index is -0.404. The zero-order valence-electron chi connectivity index (χ0n) is 14.9. The Morgan fingerprint density at radius 3 is 2.44 bits per heavy atom. The Kier molecular flexibility index (Phi) is 4.73. The highest BCUT2D eigenvalue weighted by atomic mass is 35.5. The Balaban J connectivity index is 1.82. The maximum absolute atomic E-state index is 13.3. The Hall–Kier alpha value is -2.98. The average molecular weight is 379 g/mol. The van der Waals surface area contributed by atoms with E-state index in [2.05, 4.69) is 5.32 Å². The summed E-state index contributed by atoms with van der Waals surface area (Å²) in [5, 5.41) is 4.07. The van der Waals surface area contributed by atoms with Crippen LogP contribution in [-0.4, -0.2) is 12.5 Å². The van der Waals surface area contributed by atoms with Crippen LogP contribution in [0.4, 0.5) is 11.4 Å². The Bertz CT molecular complexity index is 972. The molecule has 1 N–H and O–H groups in total. The van der Waals surface area contributed by atoms with E-state index < -0.39 is 6.17 Å². The molecule has 4 rings (SSSR count). The van der Waals surface area contributed by atoms with Crippen LogP contribution in [0.25, 0.3) is 0 Å². The molecule has 1 unspecified atom stereocenters. The third kappa shape index (κ3) is 3.24. The van der Waals surface area contributed by atoms with Crippen molar-refractivity contribution in [3.8, 4) is 5.75 Å². The summed E-state index contributed by atoms with van der Waals surface area (Å²) in [6.45, 7) is 2.54. The molecule has 3 aromatic rings. The van der Waals surface area contributed by atoms with Crippen LogP contribution in [-0.2, 0) is 0 Å². The van der Waals surface area contributed by atoms with Gasteiger partial charge in [0.1, 0.15) is 11.9 Å². The number of benzene rings is 3. The lowest BCUT2D eigenvalue weighted by Crippen LogP contribution is -2.43. The van der Waals surface area contributed by atoms with Gasteiger partial charge in [0.2, 0.25) is 0 Å². The topological polar surface area (TPSA) is 41.6 Å². The van der Waals surface area contributed by atoms with E-state index in [1.807, 2.05) is 79.7 Å². The summed E-state index contributed by atoms with van der Waals surface area (Å²) in [6.07, 6.45) is -0.404. The molecule has 3 aromatic carbocycles. The first-order valence-corrected chi connectivity index (χ1v) is 9.23. The molecule has 27 heavy (non-hydrogen) atoms. The lowest BCUT2D eigenvalue weighted by molar-refractivity contribution is 0.0975. The average Bonchev–Trinajstić information content (AvgIpc) is 2.69. The molecule has 0 radical (unpaired) electrons. The van der Waals surface area contributed by atoms with E-state index in [-0.39, 0.29) is 5.91 Å². The van der Waals surface area contributed by atoms with Crippen molar-refractivity contribution in [3.63, 3.8) is 0 Å². The molecule has 0 spiro atoms. The molecule has 5 heteroatoms. The van der Waals surface area contributed by atoms with Gasteiger partial charge in [-0.05, 0) is 49.4 Å². The summed E-state index contributed by atoms with van der Waals surface area (Å²) >= 11 is 6.45. The van der Waals surface area contributed by atoms with Crippen molar-refractivity contribution in [1.29, 1.82) is 0 Å². The van der Waals surface area contributed by atoms with Crippen LogP contribution < -0.4 is 15.0 Å². The number of hydrogen-bond acceptors (Lipinski definition) is 3. The highest BCUT2D eigenvalue weighted by molar-refractivity contribution is 6.31. The molecule has 136 valence electrons. The first-order valence-electron chi connectivity index (χ1n) is 8.85. The summed E-state index contributed by atoms with van der Waals surface area (Å²) in [5.74, 6) is 0.701. The van der Waals surface area contributed by atoms with Gasteiger partial charge in [-0.1, -0.05) is 41.9 Å². The van der Waals surface area contributed by atoms with E-state index in [1.165, 1.54) is 0 Å². The highest BCUT2D eigenvalue weighted by Crippen LogP contribution is 2.39. The fraction of sp³-hybridized carbons (Fsp3) is 0.136. The lowest BCUT2D eigenvalue weighted by atomic mass is 10.0. The van der Waals surface area contributed by atoms with Gasteiger partial charge in [-0.3, -0.25) is 9.69 Å². The van der Waals surface area contributed by atoms with E-state index >= 15 is 0 Å². The van der Waals surface area contributed by atoms with Crippen molar-refractivity contribution in [2.24, 2.45) is 0 Å². The van der Waals surface area contributed by atoms with Gasteiger partial charge in [0.25, 0.3) is 5.91 Å². The molecule has 0 saturated carbocycles. The van der Waals surface area contributed by atoms with Crippen LogP contribution in [0.1, 0.15) is 29.0 Å². The normalized spacial score (nSPS) is 15.9. The second kappa shape index (κ2) is 7.33. The van der Waals surface area contributed by atoms with Gasteiger partial charge in [-0.2, -0.15) is 0 Å². The third-order valence-electron chi connectivity index (χ3n) is 4.55. The number of rotatable bonds is 4. The molecule has 1 aliphatic rings. The van der Waals surface area contributed by atoms with E-state index in [0.717, 1.165) is 22.7 Å². The number of amides is 1. The molecule has 0 aliphatic carbocycles. The Morgan fingerprint density at radius 2 is 1.70 bits per heavy atom. The van der Waals surface area contributed by atoms with Gasteiger partial charge >= 0.3 is 0 Å². The SMILES string of the molecule is CCOc1ccc(N2C(=O)c3ccccc3NC2c2ccccc2Cl)cc1. The molecule has 0 saturated heterocycles. The number of fused-ring (bicyclic) bond motifs is 1. The van der Waals surface area contributed by atoms with Gasteiger partial charge in [0, 0.05) is 22.0 Å². The number of hydrogen-bond donors (Lipinski definition) is 1. The van der Waals surface area contributed by atoms with Crippen LogP contribution in [0.3, 0.4) is 0 Å². The molecular formula is C22H19ClN2O2. The summed E-state index contributed by atoms with van der Waals surface area (Å²) < 4.78 is 5.52. The number of para-hydroxylation sites is 1. The van der Waals surface area contributed by atoms with Crippen molar-refractivity contribution in [2.75, 3.05) is 16.8 Å². The fourth-order valence-electron chi connectivity index (χ4n) is 3.30. The van der Waals surface area contributed by atoms with Crippen LogP contribution in [0.5, 0.6) is 5.75 Å². The molecule has 1 amide bonds. The Labute approximate surface area is 163 Å². The number of nitrogens with one attached hydrogen (secondary N) is 1. The maximum atomic E-state index is 13.3. The molecular weight excluding hydrogens is 360 g/mol. The molecule has 1 atom stereocenters. The zero-order valence-corrected chi connectivity index (χ0v) is 15.6.